The SMILES string of the molecule is C[C@@H](NCc1ccc(CSC(F)F)o1)C1CCCC1. The maximum atomic E-state index is 12.1. The van der Waals surface area contributed by atoms with Gasteiger partial charge in [-0.2, -0.15) is 8.78 Å². The summed E-state index contributed by atoms with van der Waals surface area (Å²) in [6, 6.07) is 4.15. The van der Waals surface area contributed by atoms with Gasteiger partial charge in [-0.3, -0.25) is 0 Å². The number of hydrogen-bond acceptors (Lipinski definition) is 3. The zero-order valence-electron chi connectivity index (χ0n) is 11.2. The lowest BCUT2D eigenvalue weighted by molar-refractivity contribution is 0.251. The van der Waals surface area contributed by atoms with Gasteiger partial charge in [0.05, 0.1) is 12.3 Å². The molecule has 0 unspecified atom stereocenters. The first kappa shape index (κ1) is 14.9. The summed E-state index contributed by atoms with van der Waals surface area (Å²) < 4.78 is 29.7. The Bertz CT molecular complexity index is 377. The van der Waals surface area contributed by atoms with Crippen LogP contribution >= 0.6 is 11.8 Å². The minimum atomic E-state index is -2.34. The zero-order valence-corrected chi connectivity index (χ0v) is 12.0. The van der Waals surface area contributed by atoms with Gasteiger partial charge in [0.2, 0.25) is 0 Å². The Labute approximate surface area is 117 Å². The van der Waals surface area contributed by atoms with Crippen molar-refractivity contribution in [2.75, 3.05) is 0 Å². The first-order valence-corrected chi connectivity index (χ1v) is 7.91. The van der Waals surface area contributed by atoms with E-state index in [1.165, 1.54) is 25.7 Å². The fourth-order valence-corrected chi connectivity index (χ4v) is 3.07. The van der Waals surface area contributed by atoms with E-state index in [0.717, 1.165) is 11.7 Å². The zero-order chi connectivity index (χ0) is 13.7. The van der Waals surface area contributed by atoms with Crippen LogP contribution in [0, 0.1) is 5.92 Å². The molecule has 0 aromatic carbocycles. The second-order valence-corrected chi connectivity index (χ2v) is 6.13. The lowest BCUT2D eigenvalue weighted by atomic mass is 10.00. The minimum absolute atomic E-state index is 0.232. The Balaban J connectivity index is 1.73. The van der Waals surface area contributed by atoms with Crippen molar-refractivity contribution in [1.82, 2.24) is 5.32 Å². The summed E-state index contributed by atoms with van der Waals surface area (Å²) in [4.78, 5) is 0. The molecule has 0 radical (unpaired) electrons. The molecule has 2 nitrogen and oxygen atoms in total. The van der Waals surface area contributed by atoms with Crippen molar-refractivity contribution in [3.05, 3.63) is 23.7 Å². The third kappa shape index (κ3) is 4.80. The van der Waals surface area contributed by atoms with Gasteiger partial charge in [0.1, 0.15) is 11.5 Å². The standard InChI is InChI=1S/C14H21F2NOS/c1-10(11-4-2-3-5-11)17-8-12-6-7-13(18-12)9-19-14(15)16/h6-7,10-11,14,17H,2-5,8-9H2,1H3/t10-/m1/s1. The number of hydrogen-bond donors (Lipinski definition) is 1. The third-order valence-electron chi connectivity index (χ3n) is 3.77. The second kappa shape index (κ2) is 7.29. The predicted molar refractivity (Wildman–Crippen MR) is 74.3 cm³/mol. The van der Waals surface area contributed by atoms with Gasteiger partial charge in [-0.05, 0) is 37.8 Å². The van der Waals surface area contributed by atoms with Gasteiger partial charge in [0.25, 0.3) is 5.76 Å². The molecular formula is C14H21F2NOS. The number of nitrogens with one attached hydrogen (secondary N) is 1. The normalized spacial score (nSPS) is 18.3. The highest BCUT2D eigenvalue weighted by Crippen LogP contribution is 2.27. The fraction of sp³-hybridized carbons (Fsp3) is 0.714. The average Bonchev–Trinajstić information content (AvgIpc) is 3.04. The highest BCUT2D eigenvalue weighted by atomic mass is 32.2. The molecule has 108 valence electrons. The number of rotatable bonds is 7. The molecular weight excluding hydrogens is 268 g/mol. The fourth-order valence-electron chi connectivity index (χ4n) is 2.63. The topological polar surface area (TPSA) is 25.2 Å². The van der Waals surface area contributed by atoms with E-state index >= 15 is 0 Å². The molecule has 0 spiro atoms. The van der Waals surface area contributed by atoms with Crippen LogP contribution in [0.4, 0.5) is 8.78 Å². The summed E-state index contributed by atoms with van der Waals surface area (Å²) in [7, 11) is 0. The number of thioether (sulfide) groups is 1. The van der Waals surface area contributed by atoms with Gasteiger partial charge in [-0.1, -0.05) is 24.6 Å². The van der Waals surface area contributed by atoms with Crippen LogP contribution in [-0.2, 0) is 12.3 Å². The van der Waals surface area contributed by atoms with Crippen molar-refractivity contribution >= 4 is 11.8 Å². The molecule has 1 aromatic heterocycles. The molecule has 1 aliphatic carbocycles. The maximum absolute atomic E-state index is 12.1. The van der Waals surface area contributed by atoms with Gasteiger partial charge in [-0.25, -0.2) is 0 Å². The van der Waals surface area contributed by atoms with E-state index < -0.39 is 5.76 Å². The van der Waals surface area contributed by atoms with E-state index in [4.69, 9.17) is 4.42 Å². The molecule has 1 aromatic rings. The summed E-state index contributed by atoms with van der Waals surface area (Å²) in [5, 5.41) is 3.47. The molecule has 0 bridgehead atoms. The average molecular weight is 289 g/mol. The molecule has 1 fully saturated rings. The second-order valence-electron chi connectivity index (χ2n) is 5.15. The number of alkyl halides is 2. The third-order valence-corrected chi connectivity index (χ3v) is 4.48. The lowest BCUT2D eigenvalue weighted by Crippen LogP contribution is -2.31. The molecule has 5 heteroatoms. The molecule has 0 saturated heterocycles. The van der Waals surface area contributed by atoms with Gasteiger partial charge >= 0.3 is 0 Å². The molecule has 19 heavy (non-hydrogen) atoms. The van der Waals surface area contributed by atoms with Crippen LogP contribution in [-0.4, -0.2) is 11.8 Å². The Morgan fingerprint density at radius 2 is 2.00 bits per heavy atom. The molecule has 1 atom stereocenters. The van der Waals surface area contributed by atoms with Gasteiger partial charge in [0, 0.05) is 6.04 Å². The van der Waals surface area contributed by atoms with Crippen LogP contribution in [0.3, 0.4) is 0 Å². The van der Waals surface area contributed by atoms with E-state index in [2.05, 4.69) is 12.2 Å². The summed E-state index contributed by atoms with van der Waals surface area (Å²) in [5.41, 5.74) is 0. The Morgan fingerprint density at radius 1 is 1.32 bits per heavy atom. The van der Waals surface area contributed by atoms with E-state index in [0.29, 0.717) is 30.1 Å². The highest BCUT2D eigenvalue weighted by Gasteiger charge is 2.21. The molecule has 1 N–H and O–H groups in total. The van der Waals surface area contributed by atoms with Crippen molar-refractivity contribution in [1.29, 1.82) is 0 Å². The molecule has 2 rings (SSSR count). The number of furan rings is 1. The monoisotopic (exact) mass is 289 g/mol. The Morgan fingerprint density at radius 3 is 2.68 bits per heavy atom. The molecule has 1 aliphatic rings. The largest absolute Gasteiger partial charge is 0.464 e. The van der Waals surface area contributed by atoms with Crippen molar-refractivity contribution in [3.63, 3.8) is 0 Å². The van der Waals surface area contributed by atoms with Crippen LogP contribution in [0.25, 0.3) is 0 Å². The minimum Gasteiger partial charge on any atom is -0.464 e. The maximum Gasteiger partial charge on any atom is 0.284 e. The summed E-state index contributed by atoms with van der Waals surface area (Å²) in [6.07, 6.45) is 5.30. The van der Waals surface area contributed by atoms with Crippen molar-refractivity contribution in [2.45, 2.75) is 56.7 Å². The molecule has 0 aliphatic heterocycles. The molecule has 1 heterocycles. The Kier molecular flexibility index (Phi) is 5.70. The first-order chi connectivity index (χ1) is 9.15. The van der Waals surface area contributed by atoms with Crippen LogP contribution in [0.1, 0.15) is 44.1 Å². The van der Waals surface area contributed by atoms with Crippen LogP contribution < -0.4 is 5.32 Å². The summed E-state index contributed by atoms with van der Waals surface area (Å²) in [6.45, 7) is 2.89. The van der Waals surface area contributed by atoms with Crippen molar-refractivity contribution < 1.29 is 13.2 Å². The summed E-state index contributed by atoms with van der Waals surface area (Å²) >= 11 is 0.595. The van der Waals surface area contributed by atoms with Crippen LogP contribution in [0.5, 0.6) is 0 Å². The Hall–Kier alpha value is -0.550. The van der Waals surface area contributed by atoms with Gasteiger partial charge < -0.3 is 9.73 Å². The van der Waals surface area contributed by atoms with Gasteiger partial charge in [0.15, 0.2) is 0 Å². The van der Waals surface area contributed by atoms with Crippen LogP contribution in [0.2, 0.25) is 0 Å². The first-order valence-electron chi connectivity index (χ1n) is 6.86. The van der Waals surface area contributed by atoms with E-state index in [9.17, 15) is 8.78 Å². The number of halogens is 2. The van der Waals surface area contributed by atoms with E-state index in [1.54, 1.807) is 6.07 Å². The predicted octanol–water partition coefficient (Wildman–Crippen LogP) is 4.40. The molecule has 0 amide bonds. The van der Waals surface area contributed by atoms with E-state index in [-0.39, 0.29) is 5.75 Å². The highest BCUT2D eigenvalue weighted by molar-refractivity contribution is 7.98. The smallest absolute Gasteiger partial charge is 0.284 e. The lowest BCUT2D eigenvalue weighted by Gasteiger charge is -2.19. The van der Waals surface area contributed by atoms with Crippen molar-refractivity contribution in [3.8, 4) is 0 Å². The molecule has 1 saturated carbocycles. The van der Waals surface area contributed by atoms with Crippen molar-refractivity contribution in [2.24, 2.45) is 5.92 Å². The van der Waals surface area contributed by atoms with Gasteiger partial charge in [-0.15, -0.1) is 0 Å². The quantitative estimate of drug-likeness (QED) is 0.805. The summed E-state index contributed by atoms with van der Waals surface area (Å²) in [5.74, 6) is 0.110. The van der Waals surface area contributed by atoms with Crippen LogP contribution in [0.15, 0.2) is 16.5 Å². The van der Waals surface area contributed by atoms with E-state index in [1.807, 2.05) is 6.07 Å².